The molecule has 1 aliphatic heterocycles. The Kier molecular flexibility index (Phi) is 8.40. The summed E-state index contributed by atoms with van der Waals surface area (Å²) in [6.07, 6.45) is 0. The number of non-ortho nitro benzene ring substituents is 2. The normalized spacial score (nSPS) is 15.8. The molecule has 0 saturated heterocycles. The average molecular weight is 450 g/mol. The lowest BCUT2D eigenvalue weighted by molar-refractivity contribution is -0.385. The molecule has 0 N–H and O–H groups in total. The number of rotatable bonds is 2. The first kappa shape index (κ1) is 23.0. The largest absolute Gasteiger partial charge is 0.487 e. The van der Waals surface area contributed by atoms with E-state index in [1.165, 1.54) is 36.4 Å². The molecule has 0 aliphatic carbocycles. The summed E-state index contributed by atoms with van der Waals surface area (Å²) in [6, 6.07) is 8.03. The maximum Gasteiger partial charge on any atom is 0.273 e. The Morgan fingerprint density at radius 3 is 1.28 bits per heavy atom. The summed E-state index contributed by atoms with van der Waals surface area (Å²) < 4.78 is 33.3. The van der Waals surface area contributed by atoms with Gasteiger partial charge in [-0.25, -0.2) is 0 Å². The third-order valence-electron chi connectivity index (χ3n) is 4.22. The molecule has 0 amide bonds. The van der Waals surface area contributed by atoms with E-state index in [-0.39, 0.29) is 49.3 Å². The van der Waals surface area contributed by atoms with Crippen LogP contribution >= 0.6 is 0 Å². The molecule has 2 aromatic rings. The maximum absolute atomic E-state index is 11.1. The van der Waals surface area contributed by atoms with Gasteiger partial charge < -0.3 is 28.4 Å². The average Bonchev–Trinajstić information content (AvgIpc) is 2.78. The number of nitro groups is 2. The molecule has 1 heterocycles. The van der Waals surface area contributed by atoms with Crippen LogP contribution in [-0.2, 0) is 9.47 Å². The van der Waals surface area contributed by atoms with E-state index >= 15 is 0 Å². The van der Waals surface area contributed by atoms with Crippen molar-refractivity contribution in [1.29, 1.82) is 0 Å². The van der Waals surface area contributed by atoms with E-state index in [0.29, 0.717) is 37.9 Å². The monoisotopic (exact) mass is 450 g/mol. The third kappa shape index (κ3) is 6.68. The lowest BCUT2D eigenvalue weighted by Crippen LogP contribution is -2.15. The highest BCUT2D eigenvalue weighted by molar-refractivity contribution is 5.49. The van der Waals surface area contributed by atoms with Crippen LogP contribution in [0.4, 0.5) is 11.4 Å². The molecule has 0 atom stereocenters. The second-order valence-corrected chi connectivity index (χ2v) is 6.39. The fourth-order valence-corrected chi connectivity index (χ4v) is 2.73. The van der Waals surface area contributed by atoms with E-state index in [9.17, 15) is 20.2 Å². The van der Waals surface area contributed by atoms with E-state index in [1.807, 2.05) is 0 Å². The molecule has 0 spiro atoms. The van der Waals surface area contributed by atoms with Gasteiger partial charge >= 0.3 is 0 Å². The van der Waals surface area contributed by atoms with Gasteiger partial charge in [-0.3, -0.25) is 20.2 Å². The van der Waals surface area contributed by atoms with Crippen LogP contribution in [0.3, 0.4) is 0 Å². The van der Waals surface area contributed by atoms with E-state index < -0.39 is 9.85 Å². The zero-order chi connectivity index (χ0) is 22.8. The molecule has 32 heavy (non-hydrogen) atoms. The molecule has 1 aliphatic rings. The maximum atomic E-state index is 11.1. The number of nitrogens with zero attached hydrogens (tertiary/aromatic N) is 2. The summed E-state index contributed by atoms with van der Waals surface area (Å²) in [7, 11) is 0. The van der Waals surface area contributed by atoms with Crippen LogP contribution in [0.5, 0.6) is 23.0 Å². The van der Waals surface area contributed by atoms with Crippen LogP contribution in [0.2, 0.25) is 0 Å². The van der Waals surface area contributed by atoms with Crippen molar-refractivity contribution in [2.24, 2.45) is 0 Å². The summed E-state index contributed by atoms with van der Waals surface area (Å²) in [4.78, 5) is 21.1. The van der Waals surface area contributed by atoms with Crippen molar-refractivity contribution in [3.8, 4) is 23.0 Å². The van der Waals surface area contributed by atoms with Crippen molar-refractivity contribution in [2.75, 3.05) is 52.9 Å². The molecule has 2 aromatic carbocycles. The van der Waals surface area contributed by atoms with E-state index in [4.69, 9.17) is 28.4 Å². The second-order valence-electron chi connectivity index (χ2n) is 6.39. The van der Waals surface area contributed by atoms with Crippen molar-refractivity contribution in [2.45, 2.75) is 0 Å². The van der Waals surface area contributed by atoms with Gasteiger partial charge in [0.2, 0.25) is 0 Å². The van der Waals surface area contributed by atoms with Crippen LogP contribution in [-0.4, -0.2) is 62.7 Å². The quantitative estimate of drug-likeness (QED) is 0.495. The molecule has 12 nitrogen and oxygen atoms in total. The highest BCUT2D eigenvalue weighted by atomic mass is 16.6. The fourth-order valence-electron chi connectivity index (χ4n) is 2.73. The van der Waals surface area contributed by atoms with E-state index in [1.54, 1.807) is 0 Å². The predicted molar refractivity (Wildman–Crippen MR) is 110 cm³/mol. The molecule has 0 fully saturated rings. The van der Waals surface area contributed by atoms with E-state index in [2.05, 4.69) is 0 Å². The van der Waals surface area contributed by atoms with Gasteiger partial charge in [-0.1, -0.05) is 0 Å². The fraction of sp³-hybridized carbons (Fsp3) is 0.400. The molecule has 12 heteroatoms. The van der Waals surface area contributed by atoms with Crippen molar-refractivity contribution < 1.29 is 38.3 Å². The SMILES string of the molecule is O=[N+]([O-])c1ccc2c(c1)OCCOc1cc([N+](=O)[O-])ccc1OCCOCCOCCO2. The number of benzene rings is 2. The Bertz CT molecular complexity index is 861. The van der Waals surface area contributed by atoms with Gasteiger partial charge in [0.1, 0.15) is 26.4 Å². The van der Waals surface area contributed by atoms with Gasteiger partial charge in [0.15, 0.2) is 23.0 Å². The smallest absolute Gasteiger partial charge is 0.273 e. The van der Waals surface area contributed by atoms with Crippen molar-refractivity contribution in [1.82, 2.24) is 0 Å². The molecule has 0 saturated carbocycles. The van der Waals surface area contributed by atoms with Gasteiger partial charge in [0, 0.05) is 12.1 Å². The topological polar surface area (TPSA) is 142 Å². The molecule has 172 valence electrons. The Balaban J connectivity index is 1.75. The summed E-state index contributed by atoms with van der Waals surface area (Å²) >= 11 is 0. The molecule has 3 rings (SSSR count). The number of hydrogen-bond acceptors (Lipinski definition) is 10. The molecular formula is C20H22N2O10. The second kappa shape index (κ2) is 11.7. The first-order valence-corrected chi connectivity index (χ1v) is 9.78. The predicted octanol–water partition coefficient (Wildman–Crippen LogP) is 2.77. The zero-order valence-corrected chi connectivity index (χ0v) is 17.1. The van der Waals surface area contributed by atoms with Gasteiger partial charge in [0.05, 0.1) is 48.4 Å². The van der Waals surface area contributed by atoms with Crippen molar-refractivity contribution in [3.63, 3.8) is 0 Å². The Morgan fingerprint density at radius 1 is 0.531 bits per heavy atom. The number of fused-ring (bicyclic) bond motifs is 2. The molecular weight excluding hydrogens is 428 g/mol. The van der Waals surface area contributed by atoms with Gasteiger partial charge in [-0.05, 0) is 12.1 Å². The lowest BCUT2D eigenvalue weighted by atomic mass is 10.3. The summed E-state index contributed by atoms with van der Waals surface area (Å²) in [6.45, 7) is 1.71. The van der Waals surface area contributed by atoms with Crippen molar-refractivity contribution in [3.05, 3.63) is 56.6 Å². The molecule has 0 bridgehead atoms. The highest BCUT2D eigenvalue weighted by Crippen LogP contribution is 2.33. The molecule has 0 radical (unpaired) electrons. The molecule has 0 unspecified atom stereocenters. The molecule has 0 aromatic heterocycles. The van der Waals surface area contributed by atoms with Crippen LogP contribution in [0, 0.1) is 20.2 Å². The number of nitro benzene ring substituents is 2. The van der Waals surface area contributed by atoms with Crippen LogP contribution in [0.15, 0.2) is 36.4 Å². The van der Waals surface area contributed by atoms with Gasteiger partial charge in [0.25, 0.3) is 11.4 Å². The van der Waals surface area contributed by atoms with Gasteiger partial charge in [-0.15, -0.1) is 0 Å². The summed E-state index contributed by atoms with van der Waals surface area (Å²) in [5, 5.41) is 22.2. The number of ether oxygens (including phenoxy) is 6. The minimum absolute atomic E-state index is 0.000724. The minimum atomic E-state index is -0.540. The zero-order valence-electron chi connectivity index (χ0n) is 17.1. The summed E-state index contributed by atoms with van der Waals surface area (Å²) in [5.74, 6) is 0.970. The van der Waals surface area contributed by atoms with Crippen LogP contribution in [0.25, 0.3) is 0 Å². The number of hydrogen-bond donors (Lipinski definition) is 0. The summed E-state index contributed by atoms with van der Waals surface area (Å²) in [5.41, 5.74) is -0.309. The standard InChI is InChI=1S/C20H22N2O10/c23-21(24)15-1-3-17-19(13-15)31-11-12-32-20-14-16(22(25)26)2-4-18(20)30-10-8-28-6-5-27-7-9-29-17/h1-4,13-14H,5-12H2. The third-order valence-corrected chi connectivity index (χ3v) is 4.22. The Hall–Kier alpha value is -3.64. The first-order valence-electron chi connectivity index (χ1n) is 9.78. The first-order chi connectivity index (χ1) is 15.5. The Labute approximate surface area is 182 Å². The lowest BCUT2D eigenvalue weighted by Gasteiger charge is -2.15. The Morgan fingerprint density at radius 2 is 0.875 bits per heavy atom. The van der Waals surface area contributed by atoms with Crippen LogP contribution < -0.4 is 18.9 Å². The van der Waals surface area contributed by atoms with Crippen molar-refractivity contribution >= 4 is 11.4 Å². The minimum Gasteiger partial charge on any atom is -0.487 e. The van der Waals surface area contributed by atoms with Crippen LogP contribution in [0.1, 0.15) is 0 Å². The highest BCUT2D eigenvalue weighted by Gasteiger charge is 2.16. The van der Waals surface area contributed by atoms with Gasteiger partial charge in [-0.2, -0.15) is 0 Å². The van der Waals surface area contributed by atoms with E-state index in [0.717, 1.165) is 0 Å².